The SMILES string of the molecule is CCNC(=NCCCNS(=O)(=O)CC)NC1CCN(c2cccc(Cl)c2)C1.I. The molecule has 0 aliphatic carbocycles. The lowest BCUT2D eigenvalue weighted by atomic mass is 10.2. The second-order valence-corrected chi connectivity index (χ2v) is 9.00. The molecule has 0 radical (unpaired) electrons. The Morgan fingerprint density at radius 3 is 2.82 bits per heavy atom. The largest absolute Gasteiger partial charge is 0.369 e. The zero-order valence-electron chi connectivity index (χ0n) is 16.4. The molecule has 1 saturated heterocycles. The lowest BCUT2D eigenvalue weighted by molar-refractivity contribution is 0.580. The van der Waals surface area contributed by atoms with Crippen molar-refractivity contribution in [3.8, 4) is 0 Å². The highest BCUT2D eigenvalue weighted by Gasteiger charge is 2.23. The molecule has 1 aliphatic rings. The van der Waals surface area contributed by atoms with Gasteiger partial charge in [-0.05, 0) is 44.9 Å². The van der Waals surface area contributed by atoms with Crippen molar-refractivity contribution in [2.75, 3.05) is 43.4 Å². The Kier molecular flexibility index (Phi) is 11.5. The molecule has 1 fully saturated rings. The Hall–Kier alpha value is -0.780. The minimum Gasteiger partial charge on any atom is -0.369 e. The van der Waals surface area contributed by atoms with Crippen LogP contribution in [0.25, 0.3) is 0 Å². The third kappa shape index (κ3) is 8.71. The summed E-state index contributed by atoms with van der Waals surface area (Å²) in [5.74, 6) is 0.874. The molecule has 0 saturated carbocycles. The Morgan fingerprint density at radius 2 is 2.14 bits per heavy atom. The van der Waals surface area contributed by atoms with Crippen molar-refractivity contribution in [1.82, 2.24) is 15.4 Å². The Bertz CT molecular complexity index is 732. The molecule has 0 amide bonds. The summed E-state index contributed by atoms with van der Waals surface area (Å²) in [4.78, 5) is 6.87. The summed E-state index contributed by atoms with van der Waals surface area (Å²) in [6, 6.07) is 8.22. The zero-order valence-corrected chi connectivity index (χ0v) is 20.4. The van der Waals surface area contributed by atoms with Crippen molar-refractivity contribution < 1.29 is 8.42 Å². The van der Waals surface area contributed by atoms with Gasteiger partial charge >= 0.3 is 0 Å². The van der Waals surface area contributed by atoms with E-state index in [4.69, 9.17) is 11.6 Å². The number of nitrogens with one attached hydrogen (secondary N) is 3. The standard InChI is InChI=1S/C18H30ClN5O2S.HI/c1-3-20-18(21-10-6-11-22-27(25,26)4-2)23-16-9-12-24(14-16)17-8-5-7-15(19)13-17;/h5,7-8,13,16,22H,3-4,6,9-12,14H2,1-2H3,(H2,20,21,23);1H. The van der Waals surface area contributed by atoms with E-state index in [0.717, 1.165) is 42.7 Å². The molecular weight excluding hydrogens is 513 g/mol. The molecule has 1 heterocycles. The number of rotatable bonds is 9. The van der Waals surface area contributed by atoms with Gasteiger partial charge in [0.25, 0.3) is 0 Å². The summed E-state index contributed by atoms with van der Waals surface area (Å²) in [6.45, 7) is 7.26. The average molecular weight is 544 g/mol. The maximum absolute atomic E-state index is 11.4. The van der Waals surface area contributed by atoms with Crippen LogP contribution in [0.4, 0.5) is 5.69 Å². The van der Waals surface area contributed by atoms with Gasteiger partial charge < -0.3 is 15.5 Å². The maximum atomic E-state index is 11.4. The normalized spacial score (nSPS) is 17.3. The molecule has 1 atom stereocenters. The van der Waals surface area contributed by atoms with Gasteiger partial charge in [-0.15, -0.1) is 24.0 Å². The highest BCUT2D eigenvalue weighted by atomic mass is 127. The van der Waals surface area contributed by atoms with Crippen LogP contribution in [0.15, 0.2) is 29.3 Å². The lowest BCUT2D eigenvalue weighted by Gasteiger charge is -2.20. The van der Waals surface area contributed by atoms with E-state index in [1.165, 1.54) is 0 Å². The quantitative estimate of drug-likeness (QED) is 0.193. The number of benzene rings is 1. The van der Waals surface area contributed by atoms with E-state index in [1.807, 2.05) is 25.1 Å². The molecule has 28 heavy (non-hydrogen) atoms. The fourth-order valence-electron chi connectivity index (χ4n) is 2.90. The van der Waals surface area contributed by atoms with Crippen LogP contribution in [0, 0.1) is 0 Å². The van der Waals surface area contributed by atoms with Crippen LogP contribution >= 0.6 is 35.6 Å². The van der Waals surface area contributed by atoms with Crippen molar-refractivity contribution in [3.05, 3.63) is 29.3 Å². The van der Waals surface area contributed by atoms with Gasteiger partial charge in [0.05, 0.1) is 5.75 Å². The number of hydrogen-bond acceptors (Lipinski definition) is 4. The van der Waals surface area contributed by atoms with Crippen LogP contribution in [0.5, 0.6) is 0 Å². The first-order valence-electron chi connectivity index (χ1n) is 9.46. The second kappa shape index (κ2) is 12.7. The van der Waals surface area contributed by atoms with Gasteiger partial charge in [-0.2, -0.15) is 0 Å². The molecule has 0 spiro atoms. The number of hydrogen-bond donors (Lipinski definition) is 3. The minimum atomic E-state index is -3.13. The first-order valence-corrected chi connectivity index (χ1v) is 11.5. The van der Waals surface area contributed by atoms with Crippen LogP contribution in [-0.2, 0) is 10.0 Å². The van der Waals surface area contributed by atoms with Gasteiger partial charge in [0.1, 0.15) is 0 Å². The fourth-order valence-corrected chi connectivity index (χ4v) is 3.74. The predicted molar refractivity (Wildman–Crippen MR) is 129 cm³/mol. The summed E-state index contributed by atoms with van der Waals surface area (Å²) in [5.41, 5.74) is 1.14. The first-order chi connectivity index (χ1) is 12.9. The molecule has 0 bridgehead atoms. The molecular formula is C18H31ClIN5O2S. The van der Waals surface area contributed by atoms with E-state index in [0.29, 0.717) is 25.6 Å². The Balaban J connectivity index is 0.00000392. The van der Waals surface area contributed by atoms with Crippen molar-refractivity contribution in [3.63, 3.8) is 0 Å². The van der Waals surface area contributed by atoms with E-state index in [-0.39, 0.29) is 29.7 Å². The number of halogens is 2. The fraction of sp³-hybridized carbons (Fsp3) is 0.611. The summed E-state index contributed by atoms with van der Waals surface area (Å²) in [5, 5.41) is 7.47. The lowest BCUT2D eigenvalue weighted by Crippen LogP contribution is -2.44. The van der Waals surface area contributed by atoms with E-state index in [2.05, 4.69) is 31.3 Å². The van der Waals surface area contributed by atoms with Crippen LogP contribution in [0.2, 0.25) is 5.02 Å². The van der Waals surface area contributed by atoms with Crippen molar-refractivity contribution in [2.45, 2.75) is 32.7 Å². The third-order valence-electron chi connectivity index (χ3n) is 4.35. The first kappa shape index (κ1) is 25.3. The topological polar surface area (TPSA) is 85.8 Å². The van der Waals surface area contributed by atoms with Crippen LogP contribution < -0.4 is 20.3 Å². The van der Waals surface area contributed by atoms with E-state index >= 15 is 0 Å². The van der Waals surface area contributed by atoms with Gasteiger partial charge in [-0.1, -0.05) is 17.7 Å². The average Bonchev–Trinajstić information content (AvgIpc) is 3.10. The predicted octanol–water partition coefficient (Wildman–Crippen LogP) is 2.42. The molecule has 1 aliphatic heterocycles. The molecule has 0 aromatic heterocycles. The van der Waals surface area contributed by atoms with Gasteiger partial charge in [0.2, 0.25) is 10.0 Å². The van der Waals surface area contributed by atoms with E-state index < -0.39 is 10.0 Å². The van der Waals surface area contributed by atoms with Crippen LogP contribution in [-0.4, -0.2) is 58.9 Å². The number of sulfonamides is 1. The van der Waals surface area contributed by atoms with Gasteiger partial charge in [0.15, 0.2) is 5.96 Å². The van der Waals surface area contributed by atoms with Crippen molar-refractivity contribution >= 4 is 57.2 Å². The number of guanidine groups is 1. The van der Waals surface area contributed by atoms with E-state index in [1.54, 1.807) is 6.92 Å². The maximum Gasteiger partial charge on any atom is 0.211 e. The minimum absolute atomic E-state index is 0. The van der Waals surface area contributed by atoms with E-state index in [9.17, 15) is 8.42 Å². The second-order valence-electron chi connectivity index (χ2n) is 6.47. The van der Waals surface area contributed by atoms with Gasteiger partial charge in [-0.25, -0.2) is 13.1 Å². The molecule has 7 nitrogen and oxygen atoms in total. The summed E-state index contributed by atoms with van der Waals surface area (Å²) in [6.07, 6.45) is 1.68. The summed E-state index contributed by atoms with van der Waals surface area (Å²) >= 11 is 6.09. The third-order valence-corrected chi connectivity index (χ3v) is 5.99. The summed E-state index contributed by atoms with van der Waals surface area (Å²) < 4.78 is 25.4. The van der Waals surface area contributed by atoms with Gasteiger partial charge in [0, 0.05) is 49.5 Å². The smallest absolute Gasteiger partial charge is 0.211 e. The molecule has 1 unspecified atom stereocenters. The Morgan fingerprint density at radius 1 is 1.36 bits per heavy atom. The van der Waals surface area contributed by atoms with Crippen molar-refractivity contribution in [2.24, 2.45) is 4.99 Å². The van der Waals surface area contributed by atoms with Crippen LogP contribution in [0.3, 0.4) is 0 Å². The number of nitrogens with zero attached hydrogens (tertiary/aromatic N) is 2. The molecule has 1 aromatic carbocycles. The molecule has 10 heteroatoms. The van der Waals surface area contributed by atoms with Crippen LogP contribution in [0.1, 0.15) is 26.7 Å². The van der Waals surface area contributed by atoms with Gasteiger partial charge in [-0.3, -0.25) is 4.99 Å². The van der Waals surface area contributed by atoms with Crippen molar-refractivity contribution in [1.29, 1.82) is 0 Å². The molecule has 1 aromatic rings. The molecule has 3 N–H and O–H groups in total. The number of aliphatic imine (C=N–C) groups is 1. The monoisotopic (exact) mass is 543 g/mol. The molecule has 2 rings (SSSR count). The highest BCUT2D eigenvalue weighted by molar-refractivity contribution is 14.0. The zero-order chi connectivity index (χ0) is 19.7. The number of anilines is 1. The molecule has 160 valence electrons. The summed E-state index contributed by atoms with van der Waals surface area (Å²) in [7, 11) is -3.13. The highest BCUT2D eigenvalue weighted by Crippen LogP contribution is 2.23. The Labute approximate surface area is 190 Å².